The Morgan fingerprint density at radius 1 is 1.32 bits per heavy atom. The summed E-state index contributed by atoms with van der Waals surface area (Å²) < 4.78 is 11.5. The van der Waals surface area contributed by atoms with E-state index in [9.17, 15) is 4.79 Å². The first kappa shape index (κ1) is 19.1. The monoisotopic (exact) mass is 344 g/mol. The quantitative estimate of drug-likeness (QED) is 0.856. The van der Waals surface area contributed by atoms with E-state index in [1.54, 1.807) is 4.90 Å². The molecule has 2 rings (SSSR count). The predicted molar refractivity (Wildman–Crippen MR) is 98.4 cm³/mol. The van der Waals surface area contributed by atoms with Crippen LogP contribution in [0.3, 0.4) is 0 Å². The van der Waals surface area contributed by atoms with Crippen molar-refractivity contribution in [2.24, 2.45) is 5.73 Å². The summed E-state index contributed by atoms with van der Waals surface area (Å²) in [5.41, 5.74) is 5.91. The van der Waals surface area contributed by atoms with Crippen LogP contribution in [0, 0.1) is 11.8 Å². The Kier molecular flexibility index (Phi) is 6.72. The van der Waals surface area contributed by atoms with E-state index in [0.717, 1.165) is 24.2 Å². The second-order valence-corrected chi connectivity index (χ2v) is 7.15. The lowest BCUT2D eigenvalue weighted by atomic mass is 10.1. The van der Waals surface area contributed by atoms with E-state index in [1.165, 1.54) is 0 Å². The summed E-state index contributed by atoms with van der Waals surface area (Å²) >= 11 is 0. The van der Waals surface area contributed by atoms with Gasteiger partial charge in [-0.3, -0.25) is 0 Å². The number of nitrogens with zero attached hydrogens (tertiary/aromatic N) is 1. The number of nitrogens with two attached hydrogens (primary N) is 1. The molecule has 5 heteroatoms. The molecular weight excluding hydrogens is 316 g/mol. The maximum absolute atomic E-state index is 12.1. The largest absolute Gasteiger partial charge is 0.490 e. The van der Waals surface area contributed by atoms with Crippen molar-refractivity contribution in [1.29, 1.82) is 0 Å². The molecule has 25 heavy (non-hydrogen) atoms. The third kappa shape index (κ3) is 6.67. The van der Waals surface area contributed by atoms with Crippen molar-refractivity contribution in [3.63, 3.8) is 0 Å². The molecule has 1 heterocycles. The van der Waals surface area contributed by atoms with Crippen molar-refractivity contribution >= 4 is 6.09 Å². The van der Waals surface area contributed by atoms with Gasteiger partial charge in [0.1, 0.15) is 17.5 Å². The molecule has 136 valence electrons. The number of carbonyl (C=O) groups is 1. The fourth-order valence-corrected chi connectivity index (χ4v) is 2.56. The number of likely N-dealkylation sites (tertiary alicyclic amines) is 1. The minimum Gasteiger partial charge on any atom is -0.490 e. The van der Waals surface area contributed by atoms with Crippen LogP contribution in [0.1, 0.15) is 45.6 Å². The molecule has 1 aliphatic heterocycles. The Balaban J connectivity index is 1.85. The molecule has 0 saturated carbocycles. The lowest BCUT2D eigenvalue weighted by molar-refractivity contribution is 0.0126. The van der Waals surface area contributed by atoms with Crippen molar-refractivity contribution in [2.75, 3.05) is 19.6 Å². The molecule has 0 atom stereocenters. The molecule has 0 spiro atoms. The van der Waals surface area contributed by atoms with E-state index in [1.807, 2.05) is 45.0 Å². The normalized spacial score (nSPS) is 15.3. The molecule has 1 fully saturated rings. The summed E-state index contributed by atoms with van der Waals surface area (Å²) in [6.07, 6.45) is 2.13. The lowest BCUT2D eigenvalue weighted by Crippen LogP contribution is -2.44. The highest BCUT2D eigenvalue weighted by Crippen LogP contribution is 2.21. The van der Waals surface area contributed by atoms with Crippen molar-refractivity contribution in [2.45, 2.75) is 51.7 Å². The fraction of sp³-hybridized carbons (Fsp3) is 0.550. The van der Waals surface area contributed by atoms with Crippen LogP contribution in [0.4, 0.5) is 4.79 Å². The summed E-state index contributed by atoms with van der Waals surface area (Å²) in [5.74, 6) is 6.93. The Hall–Kier alpha value is -2.19. The van der Waals surface area contributed by atoms with Gasteiger partial charge in [-0.15, -0.1) is 0 Å². The lowest BCUT2D eigenvalue weighted by Gasteiger charge is -2.33. The molecule has 0 bridgehead atoms. The molecule has 0 radical (unpaired) electrons. The topological polar surface area (TPSA) is 64.8 Å². The summed E-state index contributed by atoms with van der Waals surface area (Å²) in [6, 6.07) is 7.79. The average molecular weight is 344 g/mol. The summed E-state index contributed by atoms with van der Waals surface area (Å²) in [5, 5.41) is 0. The third-order valence-corrected chi connectivity index (χ3v) is 3.73. The van der Waals surface area contributed by atoms with Gasteiger partial charge in [-0.05, 0) is 39.0 Å². The van der Waals surface area contributed by atoms with Gasteiger partial charge in [0.15, 0.2) is 0 Å². The van der Waals surface area contributed by atoms with Crippen LogP contribution in [0.5, 0.6) is 5.75 Å². The number of hydrogen-bond donors (Lipinski definition) is 1. The van der Waals surface area contributed by atoms with Gasteiger partial charge < -0.3 is 20.1 Å². The Morgan fingerprint density at radius 2 is 2.04 bits per heavy atom. The second kappa shape index (κ2) is 8.77. The standard InChI is InChI=1S/C20H28N2O3/c1-20(2,3)25-19(23)22-13-10-17(11-14-22)24-18-9-6-8-16(15-18)7-4-5-12-21/h6,8-9,15,17H,5,10-14,21H2,1-3H3. The van der Waals surface area contributed by atoms with E-state index in [-0.39, 0.29) is 12.2 Å². The number of amides is 1. The molecule has 1 saturated heterocycles. The highest BCUT2D eigenvalue weighted by molar-refractivity contribution is 5.68. The number of hydrogen-bond acceptors (Lipinski definition) is 4. The predicted octanol–water partition coefficient (Wildman–Crippen LogP) is 3.17. The molecule has 1 aliphatic rings. The van der Waals surface area contributed by atoms with E-state index >= 15 is 0 Å². The van der Waals surface area contributed by atoms with E-state index in [2.05, 4.69) is 11.8 Å². The van der Waals surface area contributed by atoms with Crippen LogP contribution in [0.25, 0.3) is 0 Å². The molecule has 1 amide bonds. The van der Waals surface area contributed by atoms with Gasteiger partial charge in [-0.1, -0.05) is 17.9 Å². The average Bonchev–Trinajstić information content (AvgIpc) is 2.54. The second-order valence-electron chi connectivity index (χ2n) is 7.15. The molecular formula is C20H28N2O3. The van der Waals surface area contributed by atoms with Crippen LogP contribution >= 0.6 is 0 Å². The van der Waals surface area contributed by atoms with Crippen LogP contribution in [0.15, 0.2) is 24.3 Å². The molecule has 1 aromatic rings. The fourth-order valence-electron chi connectivity index (χ4n) is 2.56. The number of carbonyl (C=O) groups excluding carboxylic acids is 1. The zero-order valence-corrected chi connectivity index (χ0v) is 15.4. The smallest absolute Gasteiger partial charge is 0.410 e. The van der Waals surface area contributed by atoms with Crippen molar-refractivity contribution in [3.05, 3.63) is 29.8 Å². The molecule has 2 N–H and O–H groups in total. The highest BCUT2D eigenvalue weighted by Gasteiger charge is 2.27. The maximum Gasteiger partial charge on any atom is 0.410 e. The number of rotatable bonds is 3. The summed E-state index contributed by atoms with van der Waals surface area (Å²) in [4.78, 5) is 13.8. The Bertz CT molecular complexity index is 632. The van der Waals surface area contributed by atoms with Gasteiger partial charge in [0.2, 0.25) is 0 Å². The van der Waals surface area contributed by atoms with Crippen molar-refractivity contribution < 1.29 is 14.3 Å². The van der Waals surface area contributed by atoms with E-state index in [0.29, 0.717) is 26.1 Å². The maximum atomic E-state index is 12.1. The third-order valence-electron chi connectivity index (χ3n) is 3.73. The first-order valence-electron chi connectivity index (χ1n) is 8.81. The van der Waals surface area contributed by atoms with Gasteiger partial charge >= 0.3 is 6.09 Å². The van der Waals surface area contributed by atoms with Crippen LogP contribution in [-0.4, -0.2) is 42.3 Å². The van der Waals surface area contributed by atoms with E-state index < -0.39 is 5.60 Å². The first-order chi connectivity index (χ1) is 11.9. The van der Waals surface area contributed by atoms with Crippen LogP contribution < -0.4 is 10.5 Å². The van der Waals surface area contributed by atoms with Crippen molar-refractivity contribution in [3.8, 4) is 17.6 Å². The number of ether oxygens (including phenoxy) is 2. The highest BCUT2D eigenvalue weighted by atomic mass is 16.6. The molecule has 0 aromatic heterocycles. The number of piperidine rings is 1. The van der Waals surface area contributed by atoms with Gasteiger partial charge in [0.25, 0.3) is 0 Å². The number of benzene rings is 1. The minimum atomic E-state index is -0.462. The zero-order valence-electron chi connectivity index (χ0n) is 15.4. The molecule has 0 unspecified atom stereocenters. The Labute approximate surface area is 150 Å². The van der Waals surface area contributed by atoms with Crippen LogP contribution in [0.2, 0.25) is 0 Å². The van der Waals surface area contributed by atoms with E-state index in [4.69, 9.17) is 15.2 Å². The SMILES string of the molecule is CC(C)(C)OC(=O)N1CCC(Oc2cccc(C#CCCN)c2)CC1. The first-order valence-corrected chi connectivity index (χ1v) is 8.81. The van der Waals surface area contributed by atoms with Gasteiger partial charge in [-0.25, -0.2) is 4.79 Å². The van der Waals surface area contributed by atoms with Crippen molar-refractivity contribution in [1.82, 2.24) is 4.90 Å². The zero-order chi connectivity index (χ0) is 18.3. The van der Waals surface area contributed by atoms with Crippen LogP contribution in [-0.2, 0) is 4.74 Å². The summed E-state index contributed by atoms with van der Waals surface area (Å²) in [7, 11) is 0. The van der Waals surface area contributed by atoms with Gasteiger partial charge in [-0.2, -0.15) is 0 Å². The Morgan fingerprint density at radius 3 is 2.68 bits per heavy atom. The minimum absolute atomic E-state index is 0.103. The van der Waals surface area contributed by atoms with Gasteiger partial charge in [0, 0.05) is 44.5 Å². The molecule has 0 aliphatic carbocycles. The van der Waals surface area contributed by atoms with Gasteiger partial charge in [0.05, 0.1) is 0 Å². The summed E-state index contributed by atoms with van der Waals surface area (Å²) in [6.45, 7) is 7.50. The molecule has 1 aromatic carbocycles. The molecule has 5 nitrogen and oxygen atoms in total.